The number of pyridine rings is 1. The largest absolute Gasteiger partial charge is 0.390 e. The number of alkyl halides is 1. The molecule has 37 heavy (non-hydrogen) atoms. The molecule has 9 atom stereocenters. The Bertz CT molecular complexity index is 1370. The van der Waals surface area contributed by atoms with E-state index in [2.05, 4.69) is 24.1 Å². The summed E-state index contributed by atoms with van der Waals surface area (Å²) in [6.45, 7) is 2.36. The minimum Gasteiger partial charge on any atom is -0.390 e. The summed E-state index contributed by atoms with van der Waals surface area (Å²) in [6, 6.07) is 8.04. The van der Waals surface area contributed by atoms with E-state index in [1.54, 1.807) is 6.20 Å². The molecule has 7 heteroatoms. The van der Waals surface area contributed by atoms with E-state index in [4.69, 9.17) is 16.3 Å². The second-order valence-electron chi connectivity index (χ2n) is 13.0. The second kappa shape index (κ2) is 7.70. The van der Waals surface area contributed by atoms with E-state index in [1.807, 2.05) is 37.2 Å². The number of nitrogens with one attached hydrogen (secondary N) is 1. The summed E-state index contributed by atoms with van der Waals surface area (Å²) in [4.78, 5) is 16.8. The molecule has 2 bridgehead atoms. The fourth-order valence-corrected chi connectivity index (χ4v) is 9.88. The van der Waals surface area contributed by atoms with Crippen molar-refractivity contribution in [1.82, 2.24) is 9.88 Å². The van der Waals surface area contributed by atoms with Crippen LogP contribution >= 0.6 is 11.6 Å². The van der Waals surface area contributed by atoms with Gasteiger partial charge in [0.1, 0.15) is 0 Å². The van der Waals surface area contributed by atoms with Crippen LogP contribution in [0.3, 0.4) is 0 Å². The highest BCUT2D eigenvalue weighted by molar-refractivity contribution is 6.25. The van der Waals surface area contributed by atoms with Gasteiger partial charge >= 0.3 is 0 Å². The number of allylic oxidation sites excluding steroid dienone is 2. The topological polar surface area (TPSA) is 85.8 Å². The third kappa shape index (κ3) is 3.00. The summed E-state index contributed by atoms with van der Waals surface area (Å²) in [5.74, 6) is 0.0744. The Morgan fingerprint density at radius 2 is 1.89 bits per heavy atom. The van der Waals surface area contributed by atoms with Gasteiger partial charge in [-0.3, -0.25) is 4.79 Å². The van der Waals surface area contributed by atoms with Crippen molar-refractivity contribution in [2.75, 3.05) is 14.1 Å². The Morgan fingerprint density at radius 1 is 1.08 bits per heavy atom. The van der Waals surface area contributed by atoms with Gasteiger partial charge in [0.2, 0.25) is 0 Å². The predicted molar refractivity (Wildman–Crippen MR) is 145 cm³/mol. The molecule has 5 aliphatic rings. The molecule has 3 aliphatic carbocycles. The van der Waals surface area contributed by atoms with Crippen LogP contribution in [-0.4, -0.2) is 68.5 Å². The zero-order valence-corrected chi connectivity index (χ0v) is 22.6. The van der Waals surface area contributed by atoms with Crippen LogP contribution in [-0.2, 0) is 4.74 Å². The Morgan fingerprint density at radius 3 is 2.68 bits per heavy atom. The highest BCUT2D eigenvalue weighted by Gasteiger charge is 2.76. The van der Waals surface area contributed by atoms with Gasteiger partial charge in [-0.15, -0.1) is 11.6 Å². The van der Waals surface area contributed by atoms with E-state index in [9.17, 15) is 15.0 Å². The quantitative estimate of drug-likeness (QED) is 0.516. The first-order valence-corrected chi connectivity index (χ1v) is 14.2. The number of hydrogen-bond acceptors (Lipinski definition) is 5. The molecular formula is C30H37ClN2O4. The lowest BCUT2D eigenvalue weighted by Gasteiger charge is -2.65. The standard InChI is InChI=1S/C30H37ClN2O4/c1-27-9-11-29(31)15-21-24(34)25(35)22(33(2)3)16-28(21)10-12-30(29,37-28)23(27)7-6-20(27)18-5-4-17-8-13-32-26(36)19(17)14-18/h4-6,8,13-14,21-25,34-35H,7,9-12,15-16H2,1-3H3,(H,32,36)/t21?,22-,23?,24+,25+,27+,28+,29?,30-/m0/s1. The predicted octanol–water partition coefficient (Wildman–Crippen LogP) is 4.07. The molecule has 7 rings (SSSR count). The van der Waals surface area contributed by atoms with Crippen LogP contribution in [0.4, 0.5) is 0 Å². The molecule has 1 aromatic carbocycles. The molecule has 2 aliphatic heterocycles. The second-order valence-corrected chi connectivity index (χ2v) is 13.7. The summed E-state index contributed by atoms with van der Waals surface area (Å²) >= 11 is 7.61. The summed E-state index contributed by atoms with van der Waals surface area (Å²) in [7, 11) is 3.94. The summed E-state index contributed by atoms with van der Waals surface area (Å²) < 4.78 is 7.32. The molecule has 2 saturated heterocycles. The van der Waals surface area contributed by atoms with Gasteiger partial charge in [0.25, 0.3) is 5.56 Å². The van der Waals surface area contributed by atoms with Crippen molar-refractivity contribution in [2.24, 2.45) is 17.3 Å². The van der Waals surface area contributed by atoms with E-state index in [0.717, 1.165) is 54.9 Å². The molecule has 3 unspecified atom stereocenters. The maximum absolute atomic E-state index is 12.5. The van der Waals surface area contributed by atoms with Crippen molar-refractivity contribution in [3.63, 3.8) is 0 Å². The third-order valence-corrected chi connectivity index (χ3v) is 12.0. The van der Waals surface area contributed by atoms with Crippen molar-refractivity contribution >= 4 is 27.9 Å². The van der Waals surface area contributed by atoms with Crippen LogP contribution < -0.4 is 5.56 Å². The molecule has 0 radical (unpaired) electrons. The van der Waals surface area contributed by atoms with E-state index in [1.165, 1.54) is 5.57 Å². The maximum Gasteiger partial charge on any atom is 0.255 e. The number of halogens is 1. The van der Waals surface area contributed by atoms with Crippen molar-refractivity contribution in [1.29, 1.82) is 0 Å². The zero-order valence-electron chi connectivity index (χ0n) is 21.8. The van der Waals surface area contributed by atoms with E-state index in [-0.39, 0.29) is 28.9 Å². The fourth-order valence-electron chi connectivity index (χ4n) is 9.36. The third-order valence-electron chi connectivity index (χ3n) is 11.3. The van der Waals surface area contributed by atoms with Gasteiger partial charge in [-0.2, -0.15) is 0 Å². The monoisotopic (exact) mass is 524 g/mol. The lowest BCUT2D eigenvalue weighted by molar-refractivity contribution is -0.276. The van der Waals surface area contributed by atoms with Crippen molar-refractivity contribution < 1.29 is 14.9 Å². The van der Waals surface area contributed by atoms with Crippen LogP contribution in [0.1, 0.15) is 57.4 Å². The molecule has 4 fully saturated rings. The smallest absolute Gasteiger partial charge is 0.255 e. The maximum atomic E-state index is 12.5. The molecule has 2 saturated carbocycles. The molecule has 3 N–H and O–H groups in total. The van der Waals surface area contributed by atoms with Gasteiger partial charge in [-0.25, -0.2) is 0 Å². The fraction of sp³-hybridized carbons (Fsp3) is 0.633. The van der Waals surface area contributed by atoms with Crippen molar-refractivity contribution in [3.05, 3.63) is 52.5 Å². The van der Waals surface area contributed by atoms with Crippen LogP contribution in [0.5, 0.6) is 0 Å². The molecule has 2 aromatic rings. The molecule has 0 amide bonds. The molecule has 6 nitrogen and oxygen atoms in total. The number of benzene rings is 1. The summed E-state index contributed by atoms with van der Waals surface area (Å²) in [6.07, 6.45) is 8.20. The van der Waals surface area contributed by atoms with Crippen LogP contribution in [0, 0.1) is 17.3 Å². The highest BCUT2D eigenvalue weighted by Crippen LogP contribution is 2.73. The number of nitrogens with zero attached hydrogens (tertiary/aromatic N) is 1. The molecule has 1 aromatic heterocycles. The Labute approximate surface area is 222 Å². The van der Waals surface area contributed by atoms with Gasteiger partial charge in [0, 0.05) is 29.5 Å². The van der Waals surface area contributed by atoms with Gasteiger partial charge in [-0.1, -0.05) is 25.1 Å². The minimum atomic E-state index is -0.839. The molecule has 3 heterocycles. The Kier molecular flexibility index (Phi) is 5.06. The first kappa shape index (κ1) is 24.3. The summed E-state index contributed by atoms with van der Waals surface area (Å²) in [5, 5.41) is 23.9. The van der Waals surface area contributed by atoms with E-state index < -0.39 is 28.3 Å². The number of fused-ring (bicyclic) bond motifs is 2. The molecule has 198 valence electrons. The van der Waals surface area contributed by atoms with Crippen LogP contribution in [0.2, 0.25) is 0 Å². The number of likely N-dealkylation sites (N-methyl/N-ethyl adjacent to an activating group) is 1. The SMILES string of the molecule is CN(C)[C@H]1C[C@@]23CC[C@]4(O2)C2CC=C(c5ccc6cc[nH]c(=O)c6c5)[C@@]2(C)CCC4(Cl)CC3[C@@H](O)[C@@H]1O. The lowest BCUT2D eigenvalue weighted by Crippen LogP contribution is -2.72. The van der Waals surface area contributed by atoms with Crippen molar-refractivity contribution in [2.45, 2.75) is 86.2 Å². The first-order valence-electron chi connectivity index (χ1n) is 13.8. The number of aliphatic hydroxyl groups is 2. The van der Waals surface area contributed by atoms with Gasteiger partial charge in [-0.05, 0) is 93.1 Å². The number of aromatic nitrogens is 1. The number of H-pyrrole nitrogens is 1. The molecule has 2 spiro atoms. The van der Waals surface area contributed by atoms with Crippen LogP contribution in [0.25, 0.3) is 16.3 Å². The average molecular weight is 525 g/mol. The van der Waals surface area contributed by atoms with Crippen LogP contribution in [0.15, 0.2) is 41.3 Å². The first-order chi connectivity index (χ1) is 17.5. The number of aliphatic hydroxyl groups excluding tert-OH is 2. The number of ether oxygens (including phenoxy) is 1. The lowest BCUT2D eigenvalue weighted by atomic mass is 9.52. The van der Waals surface area contributed by atoms with Crippen molar-refractivity contribution in [3.8, 4) is 0 Å². The van der Waals surface area contributed by atoms with Gasteiger partial charge in [0.15, 0.2) is 0 Å². The van der Waals surface area contributed by atoms with E-state index in [0.29, 0.717) is 6.42 Å². The minimum absolute atomic E-state index is 0.0606. The summed E-state index contributed by atoms with van der Waals surface area (Å²) in [5.41, 5.74) is 1.31. The normalized spacial score (nSPS) is 46.5. The number of hydrogen-bond donors (Lipinski definition) is 3. The van der Waals surface area contributed by atoms with Gasteiger partial charge in [0.05, 0.1) is 28.3 Å². The average Bonchev–Trinajstić information content (AvgIpc) is 3.40. The Balaban J connectivity index is 1.28. The number of aromatic amines is 1. The number of rotatable bonds is 2. The van der Waals surface area contributed by atoms with E-state index >= 15 is 0 Å². The molecular weight excluding hydrogens is 488 g/mol. The van der Waals surface area contributed by atoms with Gasteiger partial charge < -0.3 is 24.8 Å². The zero-order chi connectivity index (χ0) is 26.0. The highest BCUT2D eigenvalue weighted by atomic mass is 35.5. The Hall–Kier alpha value is -1.70.